The van der Waals surface area contributed by atoms with Crippen LogP contribution in [0.2, 0.25) is 0 Å². The predicted molar refractivity (Wildman–Crippen MR) is 114 cm³/mol. The number of nitrogens with one attached hydrogen (secondary N) is 3. The number of hydrogen-bond acceptors (Lipinski definition) is 6. The highest BCUT2D eigenvalue weighted by Gasteiger charge is 2.27. The molecule has 0 fully saturated rings. The van der Waals surface area contributed by atoms with Gasteiger partial charge in [0.2, 0.25) is 17.7 Å². The lowest BCUT2D eigenvalue weighted by Gasteiger charge is -2.23. The zero-order chi connectivity index (χ0) is 23.7. The van der Waals surface area contributed by atoms with Gasteiger partial charge in [0.15, 0.2) is 0 Å². The number of phenols is 1. The minimum absolute atomic E-state index is 0.0606. The van der Waals surface area contributed by atoms with E-state index in [4.69, 9.17) is 10.8 Å². The van der Waals surface area contributed by atoms with Gasteiger partial charge in [0.05, 0.1) is 12.6 Å². The lowest BCUT2D eigenvalue weighted by molar-refractivity contribution is -0.143. The van der Waals surface area contributed by atoms with Gasteiger partial charge in [-0.05, 0) is 29.5 Å². The van der Waals surface area contributed by atoms with E-state index in [1.54, 1.807) is 39.8 Å². The van der Waals surface area contributed by atoms with Crippen molar-refractivity contribution in [1.29, 1.82) is 0 Å². The maximum absolute atomic E-state index is 12.7. The molecule has 0 aliphatic heterocycles. The van der Waals surface area contributed by atoms with E-state index in [2.05, 4.69) is 16.0 Å². The number of benzene rings is 1. The third-order valence-corrected chi connectivity index (χ3v) is 4.70. The molecule has 0 aromatic heterocycles. The second-order valence-electron chi connectivity index (χ2n) is 8.05. The molecule has 10 nitrogen and oxygen atoms in total. The largest absolute Gasteiger partial charge is 0.508 e. The monoisotopic (exact) mass is 436 g/mol. The van der Waals surface area contributed by atoms with Gasteiger partial charge in [0.1, 0.15) is 17.8 Å². The lowest BCUT2D eigenvalue weighted by atomic mass is 10.0. The first-order valence-corrected chi connectivity index (χ1v) is 10.1. The van der Waals surface area contributed by atoms with Crippen LogP contribution in [0.3, 0.4) is 0 Å². The van der Waals surface area contributed by atoms with Crippen LogP contribution in [0.1, 0.15) is 33.3 Å². The molecule has 0 saturated carbocycles. The number of aromatic hydroxyl groups is 1. The topological polar surface area (TPSA) is 171 Å². The van der Waals surface area contributed by atoms with Gasteiger partial charge in [-0.3, -0.25) is 14.4 Å². The summed E-state index contributed by atoms with van der Waals surface area (Å²) >= 11 is 0. The second-order valence-corrected chi connectivity index (χ2v) is 8.05. The van der Waals surface area contributed by atoms with Crippen molar-refractivity contribution in [2.45, 2.75) is 52.2 Å². The molecule has 1 aromatic rings. The number of aliphatic carboxylic acids is 1. The Balaban J connectivity index is 2.84. The number of phenolic OH excluding ortho intramolecular Hbond substituents is 1. The highest BCUT2D eigenvalue weighted by molar-refractivity contribution is 5.92. The van der Waals surface area contributed by atoms with Crippen molar-refractivity contribution in [2.75, 3.05) is 6.54 Å². The lowest BCUT2D eigenvalue weighted by Crippen LogP contribution is -2.55. The zero-order valence-corrected chi connectivity index (χ0v) is 18.2. The van der Waals surface area contributed by atoms with Crippen molar-refractivity contribution in [2.24, 2.45) is 17.6 Å². The number of carbonyl (C=O) groups excluding carboxylic acids is 3. The fraction of sp³-hybridized carbons (Fsp3) is 0.524. The second kappa shape index (κ2) is 11.9. The SMILES string of the molecule is CC(C)C(N)C(=O)NC(Cc1ccc(O)cc1)C(=O)NCC(=O)NC(C(=O)O)C(C)C. The molecule has 1 aromatic carbocycles. The van der Waals surface area contributed by atoms with E-state index in [0.29, 0.717) is 5.56 Å². The Morgan fingerprint density at radius 3 is 2.00 bits per heavy atom. The van der Waals surface area contributed by atoms with Gasteiger partial charge in [-0.2, -0.15) is 0 Å². The van der Waals surface area contributed by atoms with Gasteiger partial charge in [0.25, 0.3) is 0 Å². The molecular formula is C21H32N4O6. The van der Waals surface area contributed by atoms with Crippen LogP contribution in [0.4, 0.5) is 0 Å². The van der Waals surface area contributed by atoms with Gasteiger partial charge in [0, 0.05) is 6.42 Å². The van der Waals surface area contributed by atoms with Crippen LogP contribution in [0, 0.1) is 11.8 Å². The average Bonchev–Trinajstić information content (AvgIpc) is 2.69. The molecular weight excluding hydrogens is 404 g/mol. The summed E-state index contributed by atoms with van der Waals surface area (Å²) < 4.78 is 0. The molecule has 0 heterocycles. The predicted octanol–water partition coefficient (Wildman–Crippen LogP) is -0.256. The Hall–Kier alpha value is -3.14. The summed E-state index contributed by atoms with van der Waals surface area (Å²) in [5, 5.41) is 26.0. The Morgan fingerprint density at radius 1 is 0.935 bits per heavy atom. The normalized spacial score (nSPS) is 13.9. The van der Waals surface area contributed by atoms with Crippen molar-refractivity contribution in [3.63, 3.8) is 0 Å². The Bertz CT molecular complexity index is 779. The summed E-state index contributed by atoms with van der Waals surface area (Å²) in [5.41, 5.74) is 6.53. The molecule has 31 heavy (non-hydrogen) atoms. The van der Waals surface area contributed by atoms with Gasteiger partial charge >= 0.3 is 5.97 Å². The highest BCUT2D eigenvalue weighted by atomic mass is 16.4. The van der Waals surface area contributed by atoms with Crippen LogP contribution in [-0.4, -0.2) is 58.6 Å². The molecule has 0 spiro atoms. The molecule has 3 unspecified atom stereocenters. The molecule has 1 rings (SSSR count). The molecule has 10 heteroatoms. The van der Waals surface area contributed by atoms with Gasteiger partial charge in [-0.25, -0.2) is 4.79 Å². The van der Waals surface area contributed by atoms with E-state index in [-0.39, 0.29) is 24.0 Å². The van der Waals surface area contributed by atoms with E-state index in [1.165, 1.54) is 12.1 Å². The fourth-order valence-corrected chi connectivity index (χ4v) is 2.68. The summed E-state index contributed by atoms with van der Waals surface area (Å²) in [6.07, 6.45) is 0.105. The molecule has 0 radical (unpaired) electrons. The maximum Gasteiger partial charge on any atom is 0.326 e. The van der Waals surface area contributed by atoms with Gasteiger partial charge < -0.3 is 31.9 Å². The Morgan fingerprint density at radius 2 is 1.52 bits per heavy atom. The number of rotatable bonds is 11. The molecule has 0 aliphatic carbocycles. The van der Waals surface area contributed by atoms with E-state index < -0.39 is 48.4 Å². The van der Waals surface area contributed by atoms with E-state index in [9.17, 15) is 24.3 Å². The van der Waals surface area contributed by atoms with Crippen LogP contribution in [-0.2, 0) is 25.6 Å². The minimum atomic E-state index is -1.17. The van der Waals surface area contributed by atoms with E-state index in [1.807, 2.05) is 0 Å². The quantitative estimate of drug-likeness (QED) is 0.277. The third kappa shape index (κ3) is 8.63. The van der Waals surface area contributed by atoms with Crippen molar-refractivity contribution in [3.8, 4) is 5.75 Å². The van der Waals surface area contributed by atoms with Gasteiger partial charge in [-0.1, -0.05) is 39.8 Å². The Kier molecular flexibility index (Phi) is 9.94. The molecule has 0 saturated heterocycles. The zero-order valence-electron chi connectivity index (χ0n) is 18.2. The van der Waals surface area contributed by atoms with Crippen LogP contribution in [0.25, 0.3) is 0 Å². The van der Waals surface area contributed by atoms with Crippen LogP contribution < -0.4 is 21.7 Å². The molecule has 3 atom stereocenters. The Labute approximate surface area is 181 Å². The average molecular weight is 437 g/mol. The summed E-state index contributed by atoms with van der Waals surface area (Å²) in [4.78, 5) is 48.4. The number of amides is 3. The molecule has 0 bridgehead atoms. The van der Waals surface area contributed by atoms with Gasteiger partial charge in [-0.15, -0.1) is 0 Å². The van der Waals surface area contributed by atoms with Crippen molar-refractivity contribution in [1.82, 2.24) is 16.0 Å². The maximum atomic E-state index is 12.7. The standard InChI is InChI=1S/C21H32N4O6/c1-11(2)17(22)20(29)24-15(9-13-5-7-14(26)8-6-13)19(28)23-10-16(27)25-18(12(3)4)21(30)31/h5-8,11-12,15,17-18,26H,9-10,22H2,1-4H3,(H,23,28)(H,24,29)(H,25,27)(H,30,31). The first kappa shape index (κ1) is 25.9. The summed E-state index contributed by atoms with van der Waals surface area (Å²) in [6, 6.07) is 3.21. The molecule has 172 valence electrons. The number of nitrogens with two attached hydrogens (primary N) is 1. The van der Waals surface area contributed by atoms with Crippen LogP contribution in [0.15, 0.2) is 24.3 Å². The van der Waals surface area contributed by atoms with Crippen molar-refractivity contribution in [3.05, 3.63) is 29.8 Å². The first-order valence-electron chi connectivity index (χ1n) is 10.1. The smallest absolute Gasteiger partial charge is 0.326 e. The third-order valence-electron chi connectivity index (χ3n) is 4.70. The molecule has 7 N–H and O–H groups in total. The van der Waals surface area contributed by atoms with Crippen molar-refractivity contribution >= 4 is 23.7 Å². The summed E-state index contributed by atoms with van der Waals surface area (Å²) in [6.45, 7) is 6.40. The number of carboxylic acid groups (broad SMARTS) is 1. The van der Waals surface area contributed by atoms with E-state index in [0.717, 1.165) is 0 Å². The van der Waals surface area contributed by atoms with Crippen LogP contribution >= 0.6 is 0 Å². The minimum Gasteiger partial charge on any atom is -0.508 e. The fourth-order valence-electron chi connectivity index (χ4n) is 2.68. The molecule has 0 aliphatic rings. The van der Waals surface area contributed by atoms with E-state index >= 15 is 0 Å². The highest BCUT2D eigenvalue weighted by Crippen LogP contribution is 2.12. The van der Waals surface area contributed by atoms with Crippen LogP contribution in [0.5, 0.6) is 5.75 Å². The number of carboxylic acids is 1. The summed E-state index contributed by atoms with van der Waals surface area (Å²) in [5.74, 6) is -3.39. The number of hydrogen-bond donors (Lipinski definition) is 6. The molecule has 3 amide bonds. The number of carbonyl (C=O) groups is 4. The van der Waals surface area contributed by atoms with Crippen molar-refractivity contribution < 1.29 is 29.4 Å². The summed E-state index contributed by atoms with van der Waals surface area (Å²) in [7, 11) is 0. The first-order chi connectivity index (χ1) is 14.4.